The second-order valence-electron chi connectivity index (χ2n) is 9.72. The molecule has 8 heteroatoms. The van der Waals surface area contributed by atoms with Crippen molar-refractivity contribution in [1.82, 2.24) is 24.8 Å². The molecule has 33 heavy (non-hydrogen) atoms. The minimum atomic E-state index is 0.434. The Balaban J connectivity index is 1.28. The van der Waals surface area contributed by atoms with Crippen LogP contribution in [-0.2, 0) is 4.74 Å². The van der Waals surface area contributed by atoms with E-state index in [2.05, 4.69) is 19.8 Å². The van der Waals surface area contributed by atoms with Crippen LogP contribution < -0.4 is 9.64 Å². The number of likely N-dealkylation sites (tertiary alicyclic amines) is 1. The summed E-state index contributed by atoms with van der Waals surface area (Å²) in [6.07, 6.45) is 10.8. The van der Waals surface area contributed by atoms with Crippen molar-refractivity contribution in [3.8, 4) is 17.1 Å². The minimum Gasteiger partial charge on any atom is -0.494 e. The van der Waals surface area contributed by atoms with Crippen molar-refractivity contribution < 1.29 is 9.47 Å². The van der Waals surface area contributed by atoms with Gasteiger partial charge in [0.05, 0.1) is 43.6 Å². The van der Waals surface area contributed by atoms with Crippen molar-refractivity contribution in [3.63, 3.8) is 0 Å². The molecule has 6 heterocycles. The van der Waals surface area contributed by atoms with Crippen molar-refractivity contribution >= 4 is 16.7 Å². The van der Waals surface area contributed by atoms with Gasteiger partial charge in [-0.15, -0.1) is 0 Å². The van der Waals surface area contributed by atoms with Crippen molar-refractivity contribution in [2.45, 2.75) is 19.3 Å². The summed E-state index contributed by atoms with van der Waals surface area (Å²) in [6.45, 7) is 7.50. The first-order chi connectivity index (χ1) is 16.2. The van der Waals surface area contributed by atoms with Crippen molar-refractivity contribution in [1.29, 1.82) is 0 Å². The molecule has 1 spiro atoms. The number of nitrogens with zero attached hydrogens (tertiary/aromatic N) is 6. The van der Waals surface area contributed by atoms with Crippen LogP contribution in [0.25, 0.3) is 22.3 Å². The standard InChI is InChI=1S/C25H30N6O2/c1-32-21-13-27-12-20-22(21)24(29-23(28-20)19-2-7-26-8-3-19)31-10-5-25(6-11-31)4-9-30(17-25)14-18-15-33-16-18/h2-3,7-8,12-13,18H,4-6,9-11,14-17H2,1H3. The zero-order valence-corrected chi connectivity index (χ0v) is 19.1. The quantitative estimate of drug-likeness (QED) is 0.592. The number of piperidine rings is 1. The number of anilines is 1. The highest BCUT2D eigenvalue weighted by atomic mass is 16.5. The number of rotatable bonds is 5. The number of fused-ring (bicyclic) bond motifs is 1. The largest absolute Gasteiger partial charge is 0.494 e. The summed E-state index contributed by atoms with van der Waals surface area (Å²) in [6, 6.07) is 3.90. The van der Waals surface area contributed by atoms with Gasteiger partial charge in [-0.1, -0.05) is 0 Å². The van der Waals surface area contributed by atoms with E-state index in [0.29, 0.717) is 11.2 Å². The molecule has 0 N–H and O–H groups in total. The molecule has 172 valence electrons. The molecule has 0 saturated carbocycles. The molecule has 0 aliphatic carbocycles. The predicted molar refractivity (Wildman–Crippen MR) is 126 cm³/mol. The molecule has 3 aromatic heterocycles. The van der Waals surface area contributed by atoms with Crippen LogP contribution in [0, 0.1) is 11.3 Å². The van der Waals surface area contributed by atoms with Crippen LogP contribution in [0.1, 0.15) is 19.3 Å². The Morgan fingerprint density at radius 2 is 1.82 bits per heavy atom. The first-order valence-corrected chi connectivity index (χ1v) is 11.9. The predicted octanol–water partition coefficient (Wildman–Crippen LogP) is 3.03. The van der Waals surface area contributed by atoms with E-state index >= 15 is 0 Å². The van der Waals surface area contributed by atoms with Crippen LogP contribution in [0.2, 0.25) is 0 Å². The third kappa shape index (κ3) is 3.91. The van der Waals surface area contributed by atoms with E-state index in [1.54, 1.807) is 31.9 Å². The topological polar surface area (TPSA) is 76.5 Å². The minimum absolute atomic E-state index is 0.434. The average molecular weight is 447 g/mol. The Kier molecular flexibility index (Phi) is 5.34. The smallest absolute Gasteiger partial charge is 0.162 e. The van der Waals surface area contributed by atoms with Gasteiger partial charge in [-0.05, 0) is 43.4 Å². The Morgan fingerprint density at radius 1 is 1.03 bits per heavy atom. The lowest BCUT2D eigenvalue weighted by Crippen LogP contribution is -2.43. The highest BCUT2D eigenvalue weighted by Gasteiger charge is 2.42. The van der Waals surface area contributed by atoms with Gasteiger partial charge in [-0.2, -0.15) is 0 Å². The van der Waals surface area contributed by atoms with Crippen LogP contribution in [0.5, 0.6) is 5.75 Å². The molecule has 3 aromatic rings. The third-order valence-corrected chi connectivity index (χ3v) is 7.58. The van der Waals surface area contributed by atoms with E-state index < -0.39 is 0 Å². The summed E-state index contributed by atoms with van der Waals surface area (Å²) in [5.41, 5.74) is 2.20. The van der Waals surface area contributed by atoms with E-state index in [4.69, 9.17) is 19.4 Å². The summed E-state index contributed by atoms with van der Waals surface area (Å²) in [5, 5.41) is 0.944. The van der Waals surface area contributed by atoms with E-state index in [1.165, 1.54) is 38.9 Å². The number of aromatic nitrogens is 4. The summed E-state index contributed by atoms with van der Waals surface area (Å²) >= 11 is 0. The Hall–Kier alpha value is -2.84. The number of hydrogen-bond acceptors (Lipinski definition) is 8. The zero-order chi connectivity index (χ0) is 22.3. The lowest BCUT2D eigenvalue weighted by Gasteiger charge is -2.40. The van der Waals surface area contributed by atoms with E-state index in [0.717, 1.165) is 60.3 Å². The molecular weight excluding hydrogens is 416 g/mol. The normalized spacial score (nSPS) is 20.9. The second-order valence-corrected chi connectivity index (χ2v) is 9.72. The van der Waals surface area contributed by atoms with Gasteiger partial charge in [-0.3, -0.25) is 9.97 Å². The average Bonchev–Trinajstić information content (AvgIpc) is 3.23. The maximum absolute atomic E-state index is 5.67. The van der Waals surface area contributed by atoms with Gasteiger partial charge >= 0.3 is 0 Å². The van der Waals surface area contributed by atoms with Gasteiger partial charge in [0, 0.05) is 50.1 Å². The number of methoxy groups -OCH3 is 1. The lowest BCUT2D eigenvalue weighted by molar-refractivity contribution is -0.0452. The fourth-order valence-electron chi connectivity index (χ4n) is 5.59. The molecule has 0 unspecified atom stereocenters. The summed E-state index contributed by atoms with van der Waals surface area (Å²) < 4.78 is 11.0. The monoisotopic (exact) mass is 446 g/mol. The van der Waals surface area contributed by atoms with Crippen molar-refractivity contribution in [3.05, 3.63) is 36.9 Å². The molecule has 0 aromatic carbocycles. The Morgan fingerprint density at radius 3 is 2.55 bits per heavy atom. The van der Waals surface area contributed by atoms with Crippen LogP contribution in [0.15, 0.2) is 36.9 Å². The number of pyridine rings is 2. The van der Waals surface area contributed by atoms with Gasteiger partial charge in [-0.25, -0.2) is 9.97 Å². The molecule has 3 aliphatic rings. The molecule has 3 saturated heterocycles. The highest BCUT2D eigenvalue weighted by molar-refractivity contribution is 5.95. The fourth-order valence-corrected chi connectivity index (χ4v) is 5.59. The maximum atomic E-state index is 5.67. The van der Waals surface area contributed by atoms with Crippen LogP contribution >= 0.6 is 0 Å². The Labute approximate surface area is 194 Å². The number of hydrogen-bond donors (Lipinski definition) is 0. The van der Waals surface area contributed by atoms with Gasteiger partial charge in [0.25, 0.3) is 0 Å². The summed E-state index contributed by atoms with van der Waals surface area (Å²) in [5.74, 6) is 3.10. The first kappa shape index (κ1) is 20.7. The van der Waals surface area contributed by atoms with Crippen LogP contribution in [0.3, 0.4) is 0 Å². The molecule has 0 atom stereocenters. The summed E-state index contributed by atoms with van der Waals surface area (Å²) in [4.78, 5) is 23.4. The van der Waals surface area contributed by atoms with Gasteiger partial charge in [0.15, 0.2) is 5.82 Å². The molecular formula is C25H30N6O2. The van der Waals surface area contributed by atoms with E-state index in [1.807, 2.05) is 12.1 Å². The molecule has 8 nitrogen and oxygen atoms in total. The zero-order valence-electron chi connectivity index (χ0n) is 19.1. The van der Waals surface area contributed by atoms with Crippen LogP contribution in [-0.4, -0.2) is 77.9 Å². The molecule has 3 fully saturated rings. The molecule has 0 radical (unpaired) electrons. The van der Waals surface area contributed by atoms with Crippen LogP contribution in [0.4, 0.5) is 5.82 Å². The SMILES string of the molecule is COc1cncc2nc(-c3ccncc3)nc(N3CCC4(CCN(CC5COC5)C4)CC3)c12. The number of ether oxygens (including phenoxy) is 2. The van der Waals surface area contributed by atoms with E-state index in [9.17, 15) is 0 Å². The third-order valence-electron chi connectivity index (χ3n) is 7.58. The van der Waals surface area contributed by atoms with Crippen molar-refractivity contribution in [2.75, 3.05) is 57.9 Å². The van der Waals surface area contributed by atoms with Crippen molar-refractivity contribution in [2.24, 2.45) is 11.3 Å². The summed E-state index contributed by atoms with van der Waals surface area (Å²) in [7, 11) is 1.68. The van der Waals surface area contributed by atoms with E-state index in [-0.39, 0.29) is 0 Å². The molecule has 6 rings (SSSR count). The van der Waals surface area contributed by atoms with Gasteiger partial charge in [0.1, 0.15) is 11.6 Å². The lowest BCUT2D eigenvalue weighted by atomic mass is 9.77. The first-order valence-electron chi connectivity index (χ1n) is 11.9. The highest BCUT2D eigenvalue weighted by Crippen LogP contribution is 2.43. The fraction of sp³-hybridized carbons (Fsp3) is 0.520. The van der Waals surface area contributed by atoms with Gasteiger partial charge in [0.2, 0.25) is 0 Å². The molecule has 3 aliphatic heterocycles. The Bertz CT molecular complexity index is 1130. The maximum Gasteiger partial charge on any atom is 0.162 e. The second kappa shape index (κ2) is 8.50. The van der Waals surface area contributed by atoms with Gasteiger partial charge < -0.3 is 19.3 Å². The molecule has 0 amide bonds. The molecule has 0 bridgehead atoms.